The number of ether oxygens (including phenoxy) is 2. The van der Waals surface area contributed by atoms with Crippen LogP contribution < -0.4 is 14.8 Å². The topological polar surface area (TPSA) is 60.5 Å². The van der Waals surface area contributed by atoms with Gasteiger partial charge in [-0.1, -0.05) is 19.1 Å². The van der Waals surface area contributed by atoms with Gasteiger partial charge in [0.1, 0.15) is 0 Å². The molecule has 0 unspecified atom stereocenters. The molecule has 0 aliphatic heterocycles. The lowest BCUT2D eigenvalue weighted by atomic mass is 10.2. The first-order chi connectivity index (χ1) is 12.1. The van der Waals surface area contributed by atoms with Gasteiger partial charge >= 0.3 is 0 Å². The van der Waals surface area contributed by atoms with Crippen molar-refractivity contribution in [1.82, 2.24) is 10.3 Å². The summed E-state index contributed by atoms with van der Waals surface area (Å²) in [6, 6.07) is 11.3. The van der Waals surface area contributed by atoms with Crippen LogP contribution in [0.15, 0.2) is 42.5 Å². The standard InChI is InChI=1S/C20H24N2O3/c1-4-12-25-18-10-8-16(13-19(18)24-3)9-11-20(23)21-14-17-7-5-6-15(2)22-17/h5-11,13H,4,12,14H2,1-3H3,(H,21,23)/b11-9+. The smallest absolute Gasteiger partial charge is 0.244 e. The van der Waals surface area contributed by atoms with Crippen LogP contribution in [-0.4, -0.2) is 24.6 Å². The first-order valence-electron chi connectivity index (χ1n) is 8.31. The fraction of sp³-hybridized carbons (Fsp3) is 0.300. The van der Waals surface area contributed by atoms with Crippen molar-refractivity contribution in [1.29, 1.82) is 0 Å². The Bertz CT molecular complexity index is 741. The molecule has 1 N–H and O–H groups in total. The number of aromatic nitrogens is 1. The highest BCUT2D eigenvalue weighted by molar-refractivity contribution is 5.91. The quantitative estimate of drug-likeness (QED) is 0.747. The van der Waals surface area contributed by atoms with Gasteiger partial charge in [-0.25, -0.2) is 0 Å². The second-order valence-corrected chi connectivity index (χ2v) is 5.58. The molecular formula is C20H24N2O3. The molecule has 5 heteroatoms. The molecule has 132 valence electrons. The number of carbonyl (C=O) groups excluding carboxylic acids is 1. The van der Waals surface area contributed by atoms with E-state index in [4.69, 9.17) is 9.47 Å². The van der Waals surface area contributed by atoms with E-state index in [9.17, 15) is 4.79 Å². The first kappa shape index (κ1) is 18.5. The summed E-state index contributed by atoms with van der Waals surface area (Å²) in [5.74, 6) is 1.19. The molecular weight excluding hydrogens is 316 g/mol. The molecule has 0 fully saturated rings. The number of methoxy groups -OCH3 is 1. The van der Waals surface area contributed by atoms with Gasteiger partial charge in [-0.05, 0) is 49.2 Å². The van der Waals surface area contributed by atoms with Crippen molar-refractivity contribution in [2.75, 3.05) is 13.7 Å². The van der Waals surface area contributed by atoms with Crippen LogP contribution in [0.2, 0.25) is 0 Å². The summed E-state index contributed by atoms with van der Waals surface area (Å²) in [4.78, 5) is 16.3. The summed E-state index contributed by atoms with van der Waals surface area (Å²) in [5, 5.41) is 2.82. The third-order valence-corrected chi connectivity index (χ3v) is 3.47. The molecule has 1 aromatic heterocycles. The molecule has 0 spiro atoms. The zero-order valence-electron chi connectivity index (χ0n) is 14.9. The number of carbonyl (C=O) groups is 1. The molecule has 0 aliphatic rings. The molecule has 0 bridgehead atoms. The van der Waals surface area contributed by atoms with Crippen molar-refractivity contribution >= 4 is 12.0 Å². The highest BCUT2D eigenvalue weighted by atomic mass is 16.5. The van der Waals surface area contributed by atoms with E-state index in [0.29, 0.717) is 24.7 Å². The number of hydrogen-bond donors (Lipinski definition) is 1. The fourth-order valence-corrected chi connectivity index (χ4v) is 2.23. The third kappa shape index (κ3) is 5.95. The van der Waals surface area contributed by atoms with E-state index in [2.05, 4.69) is 17.2 Å². The van der Waals surface area contributed by atoms with Crippen molar-refractivity contribution < 1.29 is 14.3 Å². The third-order valence-electron chi connectivity index (χ3n) is 3.47. The highest BCUT2D eigenvalue weighted by Crippen LogP contribution is 2.28. The second-order valence-electron chi connectivity index (χ2n) is 5.58. The molecule has 0 radical (unpaired) electrons. The number of nitrogens with zero attached hydrogens (tertiary/aromatic N) is 1. The minimum absolute atomic E-state index is 0.173. The Morgan fingerprint density at radius 1 is 1.24 bits per heavy atom. The summed E-state index contributed by atoms with van der Waals surface area (Å²) in [6.07, 6.45) is 4.17. The van der Waals surface area contributed by atoms with E-state index in [0.717, 1.165) is 23.4 Å². The minimum atomic E-state index is -0.173. The number of rotatable bonds is 8. The number of nitrogens with one attached hydrogen (secondary N) is 1. The Morgan fingerprint density at radius 3 is 2.80 bits per heavy atom. The van der Waals surface area contributed by atoms with Gasteiger partial charge in [0.2, 0.25) is 5.91 Å². The van der Waals surface area contributed by atoms with Crippen LogP contribution in [0.4, 0.5) is 0 Å². The van der Waals surface area contributed by atoms with Gasteiger partial charge in [0.15, 0.2) is 11.5 Å². The molecule has 2 rings (SSSR count). The monoisotopic (exact) mass is 340 g/mol. The lowest BCUT2D eigenvalue weighted by molar-refractivity contribution is -0.116. The van der Waals surface area contributed by atoms with E-state index in [1.165, 1.54) is 6.08 Å². The van der Waals surface area contributed by atoms with Crippen LogP contribution in [-0.2, 0) is 11.3 Å². The van der Waals surface area contributed by atoms with Crippen LogP contribution in [0.3, 0.4) is 0 Å². The predicted octanol–water partition coefficient (Wildman–Crippen LogP) is 3.52. The van der Waals surface area contributed by atoms with Crippen molar-refractivity contribution in [3.8, 4) is 11.5 Å². The number of pyridine rings is 1. The van der Waals surface area contributed by atoms with E-state index in [1.54, 1.807) is 13.2 Å². The summed E-state index contributed by atoms with van der Waals surface area (Å²) >= 11 is 0. The van der Waals surface area contributed by atoms with Crippen LogP contribution >= 0.6 is 0 Å². The summed E-state index contributed by atoms with van der Waals surface area (Å²) in [5.41, 5.74) is 2.63. The Balaban J connectivity index is 1.94. The largest absolute Gasteiger partial charge is 0.493 e. The van der Waals surface area contributed by atoms with Crippen molar-refractivity contribution in [2.45, 2.75) is 26.8 Å². The summed E-state index contributed by atoms with van der Waals surface area (Å²) in [6.45, 7) is 5.01. The zero-order valence-corrected chi connectivity index (χ0v) is 14.9. The molecule has 0 saturated carbocycles. The van der Waals surface area contributed by atoms with E-state index in [-0.39, 0.29) is 5.91 Å². The van der Waals surface area contributed by atoms with Gasteiger partial charge in [-0.15, -0.1) is 0 Å². The summed E-state index contributed by atoms with van der Waals surface area (Å²) < 4.78 is 11.0. The number of hydrogen-bond acceptors (Lipinski definition) is 4. The van der Waals surface area contributed by atoms with E-state index >= 15 is 0 Å². The fourth-order valence-electron chi connectivity index (χ4n) is 2.23. The van der Waals surface area contributed by atoms with Crippen LogP contribution in [0.1, 0.15) is 30.3 Å². The Kier molecular flexibility index (Phi) is 7.01. The van der Waals surface area contributed by atoms with Crippen LogP contribution in [0.25, 0.3) is 6.08 Å². The predicted molar refractivity (Wildman–Crippen MR) is 98.6 cm³/mol. The lowest BCUT2D eigenvalue weighted by Crippen LogP contribution is -2.20. The van der Waals surface area contributed by atoms with Gasteiger partial charge in [0.25, 0.3) is 0 Å². The zero-order chi connectivity index (χ0) is 18.1. The maximum Gasteiger partial charge on any atom is 0.244 e. The molecule has 0 saturated heterocycles. The second kappa shape index (κ2) is 9.47. The van der Waals surface area contributed by atoms with Crippen LogP contribution in [0.5, 0.6) is 11.5 Å². The van der Waals surface area contributed by atoms with Gasteiger partial charge in [-0.2, -0.15) is 0 Å². The SMILES string of the molecule is CCCOc1ccc(/C=C/C(=O)NCc2cccc(C)n2)cc1OC. The Labute approximate surface area is 148 Å². The van der Waals surface area contributed by atoms with Gasteiger partial charge < -0.3 is 14.8 Å². The molecule has 1 heterocycles. The molecule has 2 aromatic rings. The molecule has 25 heavy (non-hydrogen) atoms. The van der Waals surface area contributed by atoms with Gasteiger partial charge in [-0.3, -0.25) is 9.78 Å². The lowest BCUT2D eigenvalue weighted by Gasteiger charge is -2.10. The van der Waals surface area contributed by atoms with E-state index in [1.807, 2.05) is 43.3 Å². The number of amides is 1. The Morgan fingerprint density at radius 2 is 2.08 bits per heavy atom. The molecule has 0 aliphatic carbocycles. The maximum absolute atomic E-state index is 12.0. The molecule has 1 aromatic carbocycles. The summed E-state index contributed by atoms with van der Waals surface area (Å²) in [7, 11) is 1.60. The number of aryl methyl sites for hydroxylation is 1. The average Bonchev–Trinajstić information content (AvgIpc) is 2.63. The first-order valence-corrected chi connectivity index (χ1v) is 8.31. The average molecular weight is 340 g/mol. The Hall–Kier alpha value is -2.82. The van der Waals surface area contributed by atoms with Crippen molar-refractivity contribution in [2.24, 2.45) is 0 Å². The van der Waals surface area contributed by atoms with Crippen LogP contribution in [0, 0.1) is 6.92 Å². The maximum atomic E-state index is 12.0. The van der Waals surface area contributed by atoms with E-state index < -0.39 is 0 Å². The van der Waals surface area contributed by atoms with Gasteiger partial charge in [0, 0.05) is 11.8 Å². The van der Waals surface area contributed by atoms with Crippen molar-refractivity contribution in [3.63, 3.8) is 0 Å². The normalized spacial score (nSPS) is 10.7. The minimum Gasteiger partial charge on any atom is -0.493 e. The molecule has 1 amide bonds. The van der Waals surface area contributed by atoms with Crippen molar-refractivity contribution in [3.05, 3.63) is 59.4 Å². The van der Waals surface area contributed by atoms with Gasteiger partial charge in [0.05, 0.1) is 26.0 Å². The highest BCUT2D eigenvalue weighted by Gasteiger charge is 2.05. The number of benzene rings is 1. The molecule has 5 nitrogen and oxygen atoms in total. The molecule has 0 atom stereocenters.